The van der Waals surface area contributed by atoms with Gasteiger partial charge in [-0.15, -0.1) is 0 Å². The van der Waals surface area contributed by atoms with Crippen LogP contribution in [0.1, 0.15) is 33.5 Å². The molecule has 0 aliphatic carbocycles. The van der Waals surface area contributed by atoms with Crippen LogP contribution in [0.25, 0.3) is 11.3 Å². The van der Waals surface area contributed by atoms with Gasteiger partial charge in [-0.25, -0.2) is 4.98 Å². The van der Waals surface area contributed by atoms with E-state index in [4.69, 9.17) is 4.98 Å². The second-order valence-corrected chi connectivity index (χ2v) is 6.29. The van der Waals surface area contributed by atoms with Crippen molar-refractivity contribution in [1.82, 2.24) is 9.97 Å². The Morgan fingerprint density at radius 1 is 0.739 bits per heavy atom. The molecule has 0 atom stereocenters. The van der Waals surface area contributed by atoms with E-state index in [1.807, 2.05) is 12.4 Å². The van der Waals surface area contributed by atoms with Gasteiger partial charge in [0.25, 0.3) is 0 Å². The van der Waals surface area contributed by atoms with E-state index in [2.05, 4.69) is 69.1 Å². The van der Waals surface area contributed by atoms with Crippen molar-refractivity contribution in [1.29, 1.82) is 0 Å². The number of aromatic nitrogens is 2. The fourth-order valence-electron chi connectivity index (χ4n) is 2.65. The molecule has 2 aromatic carbocycles. The van der Waals surface area contributed by atoms with Crippen LogP contribution in [0.15, 0.2) is 48.8 Å². The number of benzene rings is 2. The van der Waals surface area contributed by atoms with E-state index in [1.54, 1.807) is 0 Å². The normalized spacial score (nSPS) is 10.8. The monoisotopic (exact) mass is 302 g/mol. The molecule has 3 rings (SSSR count). The maximum absolute atomic E-state index is 4.80. The predicted molar refractivity (Wildman–Crippen MR) is 95.7 cm³/mol. The Morgan fingerprint density at radius 3 is 2.13 bits per heavy atom. The summed E-state index contributed by atoms with van der Waals surface area (Å²) in [7, 11) is 0. The van der Waals surface area contributed by atoms with Gasteiger partial charge in [-0.2, -0.15) is 0 Å². The molecule has 0 aliphatic rings. The second-order valence-electron chi connectivity index (χ2n) is 6.29. The molecule has 0 spiro atoms. The van der Waals surface area contributed by atoms with E-state index in [1.165, 1.54) is 27.8 Å². The van der Waals surface area contributed by atoms with Crippen molar-refractivity contribution in [3.8, 4) is 11.3 Å². The maximum Gasteiger partial charge on any atom is 0.0888 e. The third-order valence-corrected chi connectivity index (χ3v) is 4.44. The van der Waals surface area contributed by atoms with Crippen molar-refractivity contribution in [2.45, 2.75) is 34.1 Å². The molecule has 0 saturated carbocycles. The van der Waals surface area contributed by atoms with Crippen LogP contribution in [-0.2, 0) is 6.42 Å². The molecule has 0 bridgehead atoms. The van der Waals surface area contributed by atoms with E-state index in [9.17, 15) is 0 Å². The molecule has 23 heavy (non-hydrogen) atoms. The molecule has 0 unspecified atom stereocenters. The minimum atomic E-state index is 0.812. The van der Waals surface area contributed by atoms with Crippen molar-refractivity contribution in [3.63, 3.8) is 0 Å². The molecule has 2 heteroatoms. The van der Waals surface area contributed by atoms with Gasteiger partial charge in [0.15, 0.2) is 0 Å². The fourth-order valence-corrected chi connectivity index (χ4v) is 2.65. The van der Waals surface area contributed by atoms with Gasteiger partial charge in [0.1, 0.15) is 0 Å². The molecule has 0 N–H and O–H groups in total. The zero-order valence-electron chi connectivity index (χ0n) is 14.2. The van der Waals surface area contributed by atoms with Crippen LogP contribution < -0.4 is 0 Å². The third-order valence-electron chi connectivity index (χ3n) is 4.44. The lowest BCUT2D eigenvalue weighted by molar-refractivity contribution is 1.03. The molecule has 0 amide bonds. The maximum atomic E-state index is 4.80. The van der Waals surface area contributed by atoms with Gasteiger partial charge in [-0.3, -0.25) is 4.98 Å². The Morgan fingerprint density at radius 2 is 1.43 bits per heavy atom. The number of hydrogen-bond donors (Lipinski definition) is 0. The number of hydrogen-bond acceptors (Lipinski definition) is 2. The van der Waals surface area contributed by atoms with Gasteiger partial charge in [-0.05, 0) is 61.6 Å². The molecule has 116 valence electrons. The number of aryl methyl sites for hydroxylation is 4. The van der Waals surface area contributed by atoms with Crippen LogP contribution in [0, 0.1) is 27.7 Å². The lowest BCUT2D eigenvalue weighted by Gasteiger charge is -2.08. The highest BCUT2D eigenvalue weighted by Crippen LogP contribution is 2.21. The summed E-state index contributed by atoms with van der Waals surface area (Å²) < 4.78 is 0. The third kappa shape index (κ3) is 3.48. The van der Waals surface area contributed by atoms with Crippen LogP contribution >= 0.6 is 0 Å². The summed E-state index contributed by atoms with van der Waals surface area (Å²) in [4.78, 5) is 9.19. The van der Waals surface area contributed by atoms with Crippen LogP contribution in [0.5, 0.6) is 0 Å². The van der Waals surface area contributed by atoms with Crippen LogP contribution in [0.4, 0.5) is 0 Å². The van der Waals surface area contributed by atoms with Crippen molar-refractivity contribution >= 4 is 0 Å². The van der Waals surface area contributed by atoms with E-state index in [-0.39, 0.29) is 0 Å². The van der Waals surface area contributed by atoms with Gasteiger partial charge in [-0.1, -0.05) is 30.3 Å². The zero-order valence-corrected chi connectivity index (χ0v) is 14.2. The lowest BCUT2D eigenvalue weighted by atomic mass is 10.0. The Balaban J connectivity index is 1.90. The average molecular weight is 302 g/mol. The highest BCUT2D eigenvalue weighted by Gasteiger charge is 2.05. The summed E-state index contributed by atoms with van der Waals surface area (Å²) in [6.07, 6.45) is 4.51. The van der Waals surface area contributed by atoms with E-state index in [0.29, 0.717) is 0 Å². The summed E-state index contributed by atoms with van der Waals surface area (Å²) in [6, 6.07) is 13.0. The first-order valence-corrected chi connectivity index (χ1v) is 7.97. The molecular formula is C21H22N2. The topological polar surface area (TPSA) is 25.8 Å². The SMILES string of the molecule is Cc1ccc(Cc2cncc(-c3ccc(C)c(C)c3)n2)cc1C. The first kappa shape index (κ1) is 15.4. The predicted octanol–water partition coefficient (Wildman–Crippen LogP) is 4.97. The van der Waals surface area contributed by atoms with Crippen LogP contribution in [0.2, 0.25) is 0 Å². The van der Waals surface area contributed by atoms with Crippen molar-refractivity contribution in [2.24, 2.45) is 0 Å². The van der Waals surface area contributed by atoms with Gasteiger partial charge < -0.3 is 0 Å². The Hall–Kier alpha value is -2.48. The Kier molecular flexibility index (Phi) is 4.24. The molecule has 1 heterocycles. The smallest absolute Gasteiger partial charge is 0.0888 e. The van der Waals surface area contributed by atoms with Crippen molar-refractivity contribution < 1.29 is 0 Å². The summed E-state index contributed by atoms with van der Waals surface area (Å²) in [5, 5.41) is 0. The second kappa shape index (κ2) is 6.33. The van der Waals surface area contributed by atoms with Crippen molar-refractivity contribution in [2.75, 3.05) is 0 Å². The lowest BCUT2D eigenvalue weighted by Crippen LogP contribution is -1.97. The fraction of sp³-hybridized carbons (Fsp3) is 0.238. The first-order valence-electron chi connectivity index (χ1n) is 7.97. The van der Waals surface area contributed by atoms with Gasteiger partial charge in [0.2, 0.25) is 0 Å². The Labute approximate surface area is 138 Å². The van der Waals surface area contributed by atoms with E-state index >= 15 is 0 Å². The largest absolute Gasteiger partial charge is 0.261 e. The molecule has 0 radical (unpaired) electrons. The van der Waals surface area contributed by atoms with Crippen LogP contribution in [-0.4, -0.2) is 9.97 Å². The summed E-state index contributed by atoms with van der Waals surface area (Å²) >= 11 is 0. The average Bonchev–Trinajstić information content (AvgIpc) is 2.54. The van der Waals surface area contributed by atoms with Gasteiger partial charge in [0, 0.05) is 18.2 Å². The summed E-state index contributed by atoms with van der Waals surface area (Å²) in [6.45, 7) is 8.54. The van der Waals surface area contributed by atoms with E-state index in [0.717, 1.165) is 23.4 Å². The van der Waals surface area contributed by atoms with Gasteiger partial charge >= 0.3 is 0 Å². The molecule has 1 aromatic heterocycles. The molecule has 2 nitrogen and oxygen atoms in total. The zero-order chi connectivity index (χ0) is 16.4. The van der Waals surface area contributed by atoms with E-state index < -0.39 is 0 Å². The minimum Gasteiger partial charge on any atom is -0.261 e. The standard InChI is InChI=1S/C21H22N2/c1-14-5-7-18(9-16(14)3)11-20-12-22-13-21(23-20)19-8-6-15(2)17(4)10-19/h5-10,12-13H,11H2,1-4H3. The number of nitrogens with zero attached hydrogens (tertiary/aromatic N) is 2. The quantitative estimate of drug-likeness (QED) is 0.683. The molecule has 0 aliphatic heterocycles. The molecule has 0 fully saturated rings. The summed E-state index contributed by atoms with van der Waals surface area (Å²) in [5.41, 5.74) is 9.57. The molecular weight excluding hydrogens is 280 g/mol. The molecule has 3 aromatic rings. The Bertz CT molecular complexity index is 850. The van der Waals surface area contributed by atoms with Gasteiger partial charge in [0.05, 0.1) is 17.6 Å². The highest BCUT2D eigenvalue weighted by molar-refractivity contribution is 5.60. The molecule has 0 saturated heterocycles. The number of rotatable bonds is 3. The highest BCUT2D eigenvalue weighted by atomic mass is 14.8. The minimum absolute atomic E-state index is 0.812. The van der Waals surface area contributed by atoms with Crippen LogP contribution in [0.3, 0.4) is 0 Å². The van der Waals surface area contributed by atoms with Crippen molar-refractivity contribution in [3.05, 3.63) is 82.3 Å². The summed E-state index contributed by atoms with van der Waals surface area (Å²) in [5.74, 6) is 0. The first-order chi connectivity index (χ1) is 11.0.